The van der Waals surface area contributed by atoms with Crippen LogP contribution < -0.4 is 0 Å². The van der Waals surface area contributed by atoms with E-state index in [2.05, 4.69) is 22.0 Å². The molecule has 0 aromatic carbocycles. The number of nitrogens with zero attached hydrogens (tertiary/aromatic N) is 4. The van der Waals surface area contributed by atoms with Gasteiger partial charge in [-0.25, -0.2) is 14.6 Å². The van der Waals surface area contributed by atoms with E-state index in [-0.39, 0.29) is 0 Å². The molecular weight excluding hydrogens is 236 g/mol. The molecule has 2 aromatic rings. The molecule has 0 amide bonds. The fraction of sp³-hybridized carbons (Fsp3) is 0.417. The van der Waals surface area contributed by atoms with Gasteiger partial charge in [0.25, 0.3) is 0 Å². The fourth-order valence-electron chi connectivity index (χ4n) is 2.03. The third-order valence-corrected chi connectivity index (χ3v) is 3.00. The molecule has 17 heavy (non-hydrogen) atoms. The molecule has 0 N–H and O–H groups in total. The Kier molecular flexibility index (Phi) is 3.15. The zero-order chi connectivity index (χ0) is 12.6. The van der Waals surface area contributed by atoms with Crippen LogP contribution in [0.4, 0.5) is 0 Å². The van der Waals surface area contributed by atoms with Crippen molar-refractivity contribution >= 4 is 11.6 Å². The zero-order valence-electron chi connectivity index (χ0n) is 10.5. The minimum Gasteiger partial charge on any atom is -0.221 e. The van der Waals surface area contributed by atoms with Gasteiger partial charge in [-0.15, -0.1) is 0 Å². The Bertz CT molecular complexity index is 540. The predicted molar refractivity (Wildman–Crippen MR) is 67.8 cm³/mol. The summed E-state index contributed by atoms with van der Waals surface area (Å²) in [6.45, 7) is 8.00. The van der Waals surface area contributed by atoms with Crippen molar-refractivity contribution in [1.82, 2.24) is 19.7 Å². The Hall–Kier alpha value is -1.42. The van der Waals surface area contributed by atoms with E-state index in [0.717, 1.165) is 23.6 Å². The van der Waals surface area contributed by atoms with Crippen molar-refractivity contribution in [2.24, 2.45) is 0 Å². The highest BCUT2D eigenvalue weighted by atomic mass is 35.5. The maximum absolute atomic E-state index is 5.94. The molecule has 5 heteroatoms. The molecule has 0 aliphatic rings. The summed E-state index contributed by atoms with van der Waals surface area (Å²) < 4.78 is 1.83. The van der Waals surface area contributed by atoms with Crippen LogP contribution >= 0.6 is 11.6 Å². The minimum atomic E-state index is 0.443. The van der Waals surface area contributed by atoms with Crippen molar-refractivity contribution < 1.29 is 0 Å². The molecular formula is C12H15ClN4. The molecule has 2 rings (SSSR count). The van der Waals surface area contributed by atoms with Crippen molar-refractivity contribution in [3.05, 3.63) is 34.0 Å². The van der Waals surface area contributed by atoms with E-state index in [1.54, 1.807) is 6.07 Å². The van der Waals surface area contributed by atoms with Gasteiger partial charge in [0.15, 0.2) is 5.82 Å². The van der Waals surface area contributed by atoms with Crippen LogP contribution in [-0.4, -0.2) is 19.7 Å². The van der Waals surface area contributed by atoms with Gasteiger partial charge in [-0.1, -0.05) is 18.5 Å². The first-order valence-electron chi connectivity index (χ1n) is 5.59. The minimum absolute atomic E-state index is 0.443. The maximum atomic E-state index is 5.94. The van der Waals surface area contributed by atoms with Crippen LogP contribution in [-0.2, 0) is 6.42 Å². The predicted octanol–water partition coefficient (Wildman–Crippen LogP) is 2.80. The van der Waals surface area contributed by atoms with Crippen LogP contribution in [0, 0.1) is 20.8 Å². The smallest absolute Gasteiger partial charge is 0.158 e. The van der Waals surface area contributed by atoms with Crippen LogP contribution in [0.3, 0.4) is 0 Å². The third kappa shape index (κ3) is 2.17. The Balaban J connectivity index is 2.60. The molecule has 2 heterocycles. The molecule has 0 atom stereocenters. The largest absolute Gasteiger partial charge is 0.221 e. The van der Waals surface area contributed by atoms with E-state index < -0.39 is 0 Å². The van der Waals surface area contributed by atoms with Gasteiger partial charge in [-0.05, 0) is 32.8 Å². The van der Waals surface area contributed by atoms with Crippen LogP contribution in [0.15, 0.2) is 6.07 Å². The first-order valence-corrected chi connectivity index (χ1v) is 5.97. The Morgan fingerprint density at radius 3 is 2.47 bits per heavy atom. The quantitative estimate of drug-likeness (QED) is 0.770. The third-order valence-electron chi connectivity index (χ3n) is 2.80. The number of halogens is 1. The van der Waals surface area contributed by atoms with Gasteiger partial charge in [0, 0.05) is 11.8 Å². The second kappa shape index (κ2) is 4.45. The Morgan fingerprint density at radius 2 is 1.94 bits per heavy atom. The lowest BCUT2D eigenvalue weighted by molar-refractivity contribution is 0.792. The van der Waals surface area contributed by atoms with Gasteiger partial charge in [-0.2, -0.15) is 5.10 Å². The van der Waals surface area contributed by atoms with Crippen LogP contribution in [0.2, 0.25) is 5.15 Å². The van der Waals surface area contributed by atoms with Crippen molar-refractivity contribution in [2.45, 2.75) is 34.1 Å². The van der Waals surface area contributed by atoms with E-state index in [9.17, 15) is 0 Å². The maximum Gasteiger partial charge on any atom is 0.158 e. The molecule has 0 saturated heterocycles. The molecule has 0 aliphatic heterocycles. The van der Waals surface area contributed by atoms with E-state index in [1.165, 1.54) is 5.56 Å². The normalized spacial score (nSPS) is 10.9. The SMILES string of the molecule is CCc1c(C)nn(-c2cc(Cl)nc(C)n2)c1C. The first kappa shape index (κ1) is 12.0. The van der Waals surface area contributed by atoms with Crippen molar-refractivity contribution in [3.8, 4) is 5.82 Å². The number of aryl methyl sites for hydroxylation is 2. The van der Waals surface area contributed by atoms with Crippen molar-refractivity contribution in [1.29, 1.82) is 0 Å². The summed E-state index contributed by atoms with van der Waals surface area (Å²) in [6, 6.07) is 1.73. The summed E-state index contributed by atoms with van der Waals surface area (Å²) in [7, 11) is 0. The van der Waals surface area contributed by atoms with Gasteiger partial charge in [-0.3, -0.25) is 0 Å². The summed E-state index contributed by atoms with van der Waals surface area (Å²) in [5.41, 5.74) is 3.41. The van der Waals surface area contributed by atoms with E-state index in [4.69, 9.17) is 11.6 Å². The second-order valence-electron chi connectivity index (χ2n) is 4.01. The summed E-state index contributed by atoms with van der Waals surface area (Å²) >= 11 is 5.94. The van der Waals surface area contributed by atoms with Crippen LogP contribution in [0.25, 0.3) is 5.82 Å². The van der Waals surface area contributed by atoms with Gasteiger partial charge in [0.05, 0.1) is 5.69 Å². The van der Waals surface area contributed by atoms with Crippen molar-refractivity contribution in [2.75, 3.05) is 0 Å². The zero-order valence-corrected chi connectivity index (χ0v) is 11.2. The molecule has 90 valence electrons. The molecule has 0 unspecified atom stereocenters. The Labute approximate surface area is 106 Å². The van der Waals surface area contributed by atoms with Gasteiger partial charge >= 0.3 is 0 Å². The van der Waals surface area contributed by atoms with Crippen LogP contribution in [0.5, 0.6) is 0 Å². The summed E-state index contributed by atoms with van der Waals surface area (Å²) in [5, 5.41) is 4.94. The molecule has 0 bridgehead atoms. The Morgan fingerprint density at radius 1 is 1.24 bits per heavy atom. The average molecular weight is 251 g/mol. The lowest BCUT2D eigenvalue weighted by Gasteiger charge is -2.05. The first-order chi connectivity index (χ1) is 8.02. The van der Waals surface area contributed by atoms with Gasteiger partial charge in [0.2, 0.25) is 0 Å². The number of rotatable bonds is 2. The molecule has 2 aromatic heterocycles. The monoisotopic (exact) mass is 250 g/mol. The van der Waals surface area contributed by atoms with Crippen molar-refractivity contribution in [3.63, 3.8) is 0 Å². The highest BCUT2D eigenvalue weighted by Crippen LogP contribution is 2.18. The molecule has 0 spiro atoms. The highest BCUT2D eigenvalue weighted by molar-refractivity contribution is 6.29. The lowest BCUT2D eigenvalue weighted by atomic mass is 10.1. The fourth-order valence-corrected chi connectivity index (χ4v) is 2.25. The standard InChI is InChI=1S/C12H15ClN4/c1-5-10-7(2)16-17(8(10)3)12-6-11(13)14-9(4)15-12/h6H,5H2,1-4H3. The van der Waals surface area contributed by atoms with E-state index in [1.807, 2.05) is 25.5 Å². The molecule has 0 aliphatic carbocycles. The topological polar surface area (TPSA) is 43.6 Å². The molecule has 0 saturated carbocycles. The van der Waals surface area contributed by atoms with Gasteiger partial charge in [0.1, 0.15) is 11.0 Å². The average Bonchev–Trinajstić information content (AvgIpc) is 2.52. The van der Waals surface area contributed by atoms with E-state index in [0.29, 0.717) is 11.0 Å². The van der Waals surface area contributed by atoms with Crippen LogP contribution in [0.1, 0.15) is 29.7 Å². The summed E-state index contributed by atoms with van der Waals surface area (Å²) in [5.74, 6) is 1.38. The highest BCUT2D eigenvalue weighted by Gasteiger charge is 2.12. The molecule has 4 nitrogen and oxygen atoms in total. The summed E-state index contributed by atoms with van der Waals surface area (Å²) in [6.07, 6.45) is 0.968. The second-order valence-corrected chi connectivity index (χ2v) is 4.40. The lowest BCUT2D eigenvalue weighted by Crippen LogP contribution is -2.04. The summed E-state index contributed by atoms with van der Waals surface area (Å²) in [4.78, 5) is 8.41. The number of hydrogen-bond acceptors (Lipinski definition) is 3. The number of aromatic nitrogens is 4. The van der Waals surface area contributed by atoms with E-state index >= 15 is 0 Å². The molecule has 0 fully saturated rings. The van der Waals surface area contributed by atoms with Gasteiger partial charge < -0.3 is 0 Å². The molecule has 0 radical (unpaired) electrons. The number of hydrogen-bond donors (Lipinski definition) is 0.